The minimum absolute atomic E-state index is 0.149. The van der Waals surface area contributed by atoms with Gasteiger partial charge in [-0.15, -0.1) is 0 Å². The zero-order valence-corrected chi connectivity index (χ0v) is 22.1. The molecular formula is C28H40N6S. The Labute approximate surface area is 215 Å². The monoisotopic (exact) mass is 492 g/mol. The molecular weight excluding hydrogens is 452 g/mol. The number of anilines is 3. The van der Waals surface area contributed by atoms with Crippen molar-refractivity contribution in [3.63, 3.8) is 0 Å². The fraction of sp³-hybridized carbons (Fsp3) is 0.607. The first-order valence-electron chi connectivity index (χ1n) is 13.5. The lowest BCUT2D eigenvalue weighted by molar-refractivity contribution is 0.355. The molecule has 1 aromatic heterocycles. The third-order valence-electron chi connectivity index (χ3n) is 8.08. The van der Waals surface area contributed by atoms with Gasteiger partial charge in [0.2, 0.25) is 5.95 Å². The van der Waals surface area contributed by atoms with E-state index in [4.69, 9.17) is 22.2 Å². The predicted molar refractivity (Wildman–Crippen MR) is 149 cm³/mol. The first kappa shape index (κ1) is 24.3. The van der Waals surface area contributed by atoms with Crippen LogP contribution in [0, 0.1) is 11.8 Å². The maximum absolute atomic E-state index is 5.76. The van der Waals surface area contributed by atoms with Crippen molar-refractivity contribution >= 4 is 34.9 Å². The number of hydrogen-bond donors (Lipinski definition) is 2. The summed E-state index contributed by atoms with van der Waals surface area (Å²) in [5.74, 6) is 3.97. The van der Waals surface area contributed by atoms with Crippen molar-refractivity contribution in [3.05, 3.63) is 42.0 Å². The second kappa shape index (κ2) is 10.7. The second-order valence-electron chi connectivity index (χ2n) is 11.1. The molecule has 2 aromatic rings. The van der Waals surface area contributed by atoms with Crippen molar-refractivity contribution in [2.24, 2.45) is 11.8 Å². The molecule has 0 unspecified atom stereocenters. The van der Waals surface area contributed by atoms with Gasteiger partial charge in [0.15, 0.2) is 5.11 Å². The fourth-order valence-corrected chi connectivity index (χ4v) is 6.57. The van der Waals surface area contributed by atoms with Crippen LogP contribution >= 0.6 is 12.2 Å². The first-order chi connectivity index (χ1) is 17.0. The van der Waals surface area contributed by atoms with Crippen LogP contribution in [0.15, 0.2) is 36.4 Å². The van der Waals surface area contributed by atoms with Crippen LogP contribution in [0.1, 0.15) is 64.4 Å². The van der Waals surface area contributed by atoms with Gasteiger partial charge in [-0.25, -0.2) is 0 Å². The third-order valence-corrected chi connectivity index (χ3v) is 8.33. The lowest BCUT2D eigenvalue weighted by atomic mass is 9.79. The number of rotatable bonds is 6. The number of nitrogens with zero attached hydrogens (tertiary/aromatic N) is 4. The average molecular weight is 493 g/mol. The summed E-state index contributed by atoms with van der Waals surface area (Å²) in [7, 11) is 0. The van der Waals surface area contributed by atoms with Gasteiger partial charge in [0.1, 0.15) is 11.6 Å². The molecule has 3 fully saturated rings. The normalized spacial score (nSPS) is 23.9. The van der Waals surface area contributed by atoms with E-state index in [0.717, 1.165) is 44.4 Å². The SMILES string of the molecule is C[C@@H]1C[C@H](C)CN(c2cc(N3CCCC3)nc(NC(=S)NCC3(c4ccccc4)CCCC3)n2)C1. The number of nitrogens with one attached hydrogen (secondary N) is 2. The van der Waals surface area contributed by atoms with Gasteiger partial charge >= 0.3 is 0 Å². The van der Waals surface area contributed by atoms with Crippen LogP contribution in [-0.4, -0.2) is 47.8 Å². The van der Waals surface area contributed by atoms with Crippen LogP contribution in [0.2, 0.25) is 0 Å². The summed E-state index contributed by atoms with van der Waals surface area (Å²) < 4.78 is 0. The van der Waals surface area contributed by atoms with Gasteiger partial charge in [0, 0.05) is 44.2 Å². The van der Waals surface area contributed by atoms with Crippen molar-refractivity contribution in [2.45, 2.75) is 64.2 Å². The number of aromatic nitrogens is 2. The summed E-state index contributed by atoms with van der Waals surface area (Å²) >= 11 is 5.76. The first-order valence-corrected chi connectivity index (χ1v) is 13.9. The zero-order chi connectivity index (χ0) is 24.3. The Morgan fingerprint density at radius 1 is 0.943 bits per heavy atom. The molecule has 2 N–H and O–H groups in total. The molecule has 0 radical (unpaired) electrons. The quantitative estimate of drug-likeness (QED) is 0.527. The Morgan fingerprint density at radius 2 is 1.57 bits per heavy atom. The molecule has 35 heavy (non-hydrogen) atoms. The van der Waals surface area contributed by atoms with Gasteiger partial charge in [-0.1, -0.05) is 57.0 Å². The number of thiocarbonyl (C=S) groups is 1. The van der Waals surface area contributed by atoms with Gasteiger partial charge < -0.3 is 20.4 Å². The van der Waals surface area contributed by atoms with Crippen LogP contribution in [0.4, 0.5) is 17.6 Å². The molecule has 0 amide bonds. The molecule has 188 valence electrons. The highest BCUT2D eigenvalue weighted by atomic mass is 32.1. The standard InChI is InChI=1S/C28H40N6S/c1-21-16-22(2)19-34(18-21)25-17-24(33-14-8-9-15-33)30-26(31-25)32-27(35)29-20-28(12-6-7-13-28)23-10-4-3-5-11-23/h3-5,10-11,17,21-22H,6-9,12-16,18-20H2,1-2H3,(H2,29,30,31,32,35)/t21-,22+. The average Bonchev–Trinajstić information content (AvgIpc) is 3.56. The van der Waals surface area contributed by atoms with Crippen molar-refractivity contribution in [1.82, 2.24) is 15.3 Å². The fourth-order valence-electron chi connectivity index (χ4n) is 6.40. The van der Waals surface area contributed by atoms with E-state index in [-0.39, 0.29) is 5.41 Å². The van der Waals surface area contributed by atoms with E-state index < -0.39 is 0 Å². The Bertz CT molecular complexity index is 990. The van der Waals surface area contributed by atoms with E-state index in [0.29, 0.717) is 22.9 Å². The summed E-state index contributed by atoms with van der Waals surface area (Å²) in [5, 5.41) is 7.48. The molecule has 2 atom stereocenters. The Morgan fingerprint density at radius 3 is 2.23 bits per heavy atom. The maximum atomic E-state index is 5.76. The third kappa shape index (κ3) is 5.71. The Hall–Kier alpha value is -2.41. The summed E-state index contributed by atoms with van der Waals surface area (Å²) in [6.45, 7) is 9.73. The topological polar surface area (TPSA) is 56.3 Å². The molecule has 2 saturated heterocycles. The van der Waals surface area contributed by atoms with Crippen molar-refractivity contribution in [3.8, 4) is 0 Å². The van der Waals surface area contributed by atoms with Gasteiger partial charge in [-0.05, 0) is 61.7 Å². The molecule has 1 aromatic carbocycles. The maximum Gasteiger partial charge on any atom is 0.232 e. The van der Waals surface area contributed by atoms with E-state index in [1.165, 1.54) is 50.5 Å². The minimum atomic E-state index is 0.149. The van der Waals surface area contributed by atoms with Crippen LogP contribution in [-0.2, 0) is 5.41 Å². The highest BCUT2D eigenvalue weighted by Gasteiger charge is 2.35. The molecule has 1 saturated carbocycles. The minimum Gasteiger partial charge on any atom is -0.361 e. The van der Waals surface area contributed by atoms with Crippen molar-refractivity contribution in [2.75, 3.05) is 47.8 Å². The van der Waals surface area contributed by atoms with Crippen LogP contribution in [0.5, 0.6) is 0 Å². The number of hydrogen-bond acceptors (Lipinski definition) is 5. The van der Waals surface area contributed by atoms with Crippen LogP contribution < -0.4 is 20.4 Å². The van der Waals surface area contributed by atoms with Crippen LogP contribution in [0.3, 0.4) is 0 Å². The summed E-state index contributed by atoms with van der Waals surface area (Å²) in [4.78, 5) is 14.7. The van der Waals surface area contributed by atoms with Crippen molar-refractivity contribution in [1.29, 1.82) is 0 Å². The molecule has 2 aliphatic heterocycles. The Balaban J connectivity index is 1.32. The summed E-state index contributed by atoms with van der Waals surface area (Å²) in [6.07, 6.45) is 8.67. The number of piperidine rings is 1. The highest BCUT2D eigenvalue weighted by Crippen LogP contribution is 2.40. The predicted octanol–water partition coefficient (Wildman–Crippen LogP) is 5.36. The smallest absolute Gasteiger partial charge is 0.232 e. The van der Waals surface area contributed by atoms with Crippen molar-refractivity contribution < 1.29 is 0 Å². The molecule has 1 aliphatic carbocycles. The highest BCUT2D eigenvalue weighted by molar-refractivity contribution is 7.80. The summed E-state index contributed by atoms with van der Waals surface area (Å²) in [5.41, 5.74) is 1.56. The zero-order valence-electron chi connectivity index (χ0n) is 21.3. The lowest BCUT2D eigenvalue weighted by Crippen LogP contribution is -2.41. The van der Waals surface area contributed by atoms with Gasteiger partial charge in [-0.2, -0.15) is 9.97 Å². The molecule has 7 heteroatoms. The van der Waals surface area contributed by atoms with E-state index >= 15 is 0 Å². The number of benzene rings is 1. The molecule has 5 rings (SSSR count). The molecule has 0 bridgehead atoms. The van der Waals surface area contributed by atoms with Gasteiger partial charge in [0.25, 0.3) is 0 Å². The molecule has 6 nitrogen and oxygen atoms in total. The molecule has 3 heterocycles. The van der Waals surface area contributed by atoms with Gasteiger partial charge in [-0.3, -0.25) is 0 Å². The second-order valence-corrected chi connectivity index (χ2v) is 11.5. The van der Waals surface area contributed by atoms with Gasteiger partial charge in [0.05, 0.1) is 0 Å². The summed E-state index contributed by atoms with van der Waals surface area (Å²) in [6, 6.07) is 13.1. The van der Waals surface area contributed by atoms with Crippen LogP contribution in [0.25, 0.3) is 0 Å². The van der Waals surface area contributed by atoms with E-state index in [9.17, 15) is 0 Å². The molecule has 0 spiro atoms. The molecule has 3 aliphatic rings. The largest absolute Gasteiger partial charge is 0.361 e. The van der Waals surface area contributed by atoms with E-state index in [2.05, 4.69) is 70.7 Å². The van der Waals surface area contributed by atoms with E-state index in [1.54, 1.807) is 0 Å². The van der Waals surface area contributed by atoms with E-state index in [1.807, 2.05) is 0 Å². The lowest BCUT2D eigenvalue weighted by Gasteiger charge is -2.36. The Kier molecular flexibility index (Phi) is 7.42.